The van der Waals surface area contributed by atoms with E-state index in [2.05, 4.69) is 5.32 Å². The Bertz CT molecular complexity index is 448. The Hall–Kier alpha value is -2.30. The van der Waals surface area contributed by atoms with Gasteiger partial charge < -0.3 is 15.5 Å². The Balaban J connectivity index is 2.51. The highest BCUT2D eigenvalue weighted by Crippen LogP contribution is 2.02. The monoisotopic (exact) mass is 235 g/mol. The number of aliphatic hydroxyl groups is 1. The van der Waals surface area contributed by atoms with Crippen LogP contribution in [0.3, 0.4) is 0 Å². The van der Waals surface area contributed by atoms with E-state index in [9.17, 15) is 9.59 Å². The predicted molar refractivity (Wildman–Crippen MR) is 61.4 cm³/mol. The summed E-state index contributed by atoms with van der Waals surface area (Å²) >= 11 is 0. The number of aryl methyl sites for hydroxylation is 1. The first-order chi connectivity index (χ1) is 7.99. The number of carbonyl (C=O) groups is 2. The first-order valence-corrected chi connectivity index (χ1v) is 4.96. The standard InChI is InChI=1S/C12H13NO4/c1-8-2-4-9(5-3-8)7-13-11(15)6-10(14)12(16)17/h2-6,14H,7H2,1H3,(H,13,15)(H,16,17)/b10-6-. The van der Waals surface area contributed by atoms with Crippen molar-refractivity contribution in [3.63, 3.8) is 0 Å². The van der Waals surface area contributed by atoms with Crippen LogP contribution < -0.4 is 5.32 Å². The van der Waals surface area contributed by atoms with Crippen LogP contribution in [0.25, 0.3) is 0 Å². The van der Waals surface area contributed by atoms with Crippen molar-refractivity contribution >= 4 is 11.9 Å². The number of rotatable bonds is 4. The van der Waals surface area contributed by atoms with Gasteiger partial charge in [0, 0.05) is 6.54 Å². The van der Waals surface area contributed by atoms with Crippen LogP contribution in [0, 0.1) is 6.92 Å². The molecule has 17 heavy (non-hydrogen) atoms. The van der Waals surface area contributed by atoms with Gasteiger partial charge in [-0.3, -0.25) is 4.79 Å². The third-order valence-corrected chi connectivity index (χ3v) is 2.07. The SMILES string of the molecule is Cc1ccc(CNC(=O)/C=C(\O)C(=O)O)cc1. The maximum absolute atomic E-state index is 11.2. The Kier molecular flexibility index (Phi) is 4.28. The molecule has 0 unspecified atom stereocenters. The van der Waals surface area contributed by atoms with Gasteiger partial charge >= 0.3 is 5.97 Å². The number of carbonyl (C=O) groups excluding carboxylic acids is 1. The minimum Gasteiger partial charge on any atom is -0.502 e. The van der Waals surface area contributed by atoms with Crippen molar-refractivity contribution < 1.29 is 19.8 Å². The molecule has 0 bridgehead atoms. The molecular weight excluding hydrogens is 222 g/mol. The number of aliphatic hydroxyl groups excluding tert-OH is 1. The molecule has 5 heteroatoms. The molecule has 0 saturated carbocycles. The van der Waals surface area contributed by atoms with Gasteiger partial charge in [0.05, 0.1) is 6.08 Å². The molecule has 90 valence electrons. The largest absolute Gasteiger partial charge is 0.502 e. The number of benzene rings is 1. The van der Waals surface area contributed by atoms with Gasteiger partial charge in [-0.15, -0.1) is 0 Å². The molecule has 3 N–H and O–H groups in total. The number of carboxylic acid groups (broad SMARTS) is 1. The lowest BCUT2D eigenvalue weighted by Crippen LogP contribution is -2.21. The summed E-state index contributed by atoms with van der Waals surface area (Å²) in [6, 6.07) is 7.53. The van der Waals surface area contributed by atoms with Crippen LogP contribution in [0.2, 0.25) is 0 Å². The van der Waals surface area contributed by atoms with E-state index in [1.54, 1.807) is 0 Å². The molecule has 0 heterocycles. The highest BCUT2D eigenvalue weighted by Gasteiger charge is 2.06. The third-order valence-electron chi connectivity index (χ3n) is 2.07. The minimum atomic E-state index is -1.53. The smallest absolute Gasteiger partial charge is 0.371 e. The summed E-state index contributed by atoms with van der Waals surface area (Å²) in [5.41, 5.74) is 2.01. The fraction of sp³-hybridized carbons (Fsp3) is 0.167. The number of aliphatic carboxylic acids is 1. The molecule has 0 atom stereocenters. The Morgan fingerprint density at radius 1 is 1.24 bits per heavy atom. The van der Waals surface area contributed by atoms with E-state index in [-0.39, 0.29) is 6.54 Å². The highest BCUT2D eigenvalue weighted by atomic mass is 16.4. The fourth-order valence-corrected chi connectivity index (χ4v) is 1.13. The summed E-state index contributed by atoms with van der Waals surface area (Å²) in [4.78, 5) is 21.4. The molecule has 0 saturated heterocycles. The van der Waals surface area contributed by atoms with Gasteiger partial charge in [0.15, 0.2) is 0 Å². The zero-order valence-electron chi connectivity index (χ0n) is 9.30. The molecule has 0 aliphatic rings. The first kappa shape index (κ1) is 12.8. The van der Waals surface area contributed by atoms with Gasteiger partial charge in [0.25, 0.3) is 0 Å². The average molecular weight is 235 g/mol. The van der Waals surface area contributed by atoms with Crippen molar-refractivity contribution in [1.82, 2.24) is 5.32 Å². The molecule has 0 aliphatic heterocycles. The molecule has 5 nitrogen and oxygen atoms in total. The highest BCUT2D eigenvalue weighted by molar-refractivity contribution is 5.95. The Morgan fingerprint density at radius 2 is 1.82 bits per heavy atom. The van der Waals surface area contributed by atoms with Crippen LogP contribution in [-0.4, -0.2) is 22.1 Å². The van der Waals surface area contributed by atoms with Crippen molar-refractivity contribution in [2.75, 3.05) is 0 Å². The zero-order valence-corrected chi connectivity index (χ0v) is 9.30. The van der Waals surface area contributed by atoms with Crippen molar-refractivity contribution in [1.29, 1.82) is 0 Å². The van der Waals surface area contributed by atoms with Gasteiger partial charge in [-0.25, -0.2) is 4.79 Å². The topological polar surface area (TPSA) is 86.6 Å². The van der Waals surface area contributed by atoms with Crippen molar-refractivity contribution in [2.24, 2.45) is 0 Å². The van der Waals surface area contributed by atoms with E-state index < -0.39 is 17.6 Å². The minimum absolute atomic E-state index is 0.280. The lowest BCUT2D eigenvalue weighted by molar-refractivity contribution is -0.136. The lowest BCUT2D eigenvalue weighted by Gasteiger charge is -2.03. The normalized spacial score (nSPS) is 11.0. The van der Waals surface area contributed by atoms with Gasteiger partial charge in [-0.1, -0.05) is 29.8 Å². The van der Waals surface area contributed by atoms with E-state index >= 15 is 0 Å². The molecule has 0 radical (unpaired) electrons. The van der Waals surface area contributed by atoms with E-state index in [0.717, 1.165) is 11.1 Å². The molecular formula is C12H13NO4. The van der Waals surface area contributed by atoms with Crippen LogP contribution in [0.5, 0.6) is 0 Å². The zero-order chi connectivity index (χ0) is 12.8. The van der Waals surface area contributed by atoms with Crippen LogP contribution in [0.4, 0.5) is 0 Å². The second-order valence-corrected chi connectivity index (χ2v) is 3.54. The van der Waals surface area contributed by atoms with Gasteiger partial charge in [-0.05, 0) is 12.5 Å². The molecule has 1 aromatic rings. The third kappa shape index (κ3) is 4.38. The quantitative estimate of drug-likeness (QED) is 0.539. The second kappa shape index (κ2) is 5.69. The van der Waals surface area contributed by atoms with Crippen LogP contribution in [0.15, 0.2) is 36.1 Å². The predicted octanol–water partition coefficient (Wildman–Crippen LogP) is 1.14. The number of hydrogen-bond acceptors (Lipinski definition) is 3. The van der Waals surface area contributed by atoms with Gasteiger partial charge in [0.2, 0.25) is 11.7 Å². The number of amides is 1. The number of hydrogen-bond donors (Lipinski definition) is 3. The van der Waals surface area contributed by atoms with E-state index in [1.807, 2.05) is 31.2 Å². The van der Waals surface area contributed by atoms with E-state index in [4.69, 9.17) is 10.2 Å². The van der Waals surface area contributed by atoms with Crippen molar-refractivity contribution in [3.8, 4) is 0 Å². The molecule has 1 rings (SSSR count). The average Bonchev–Trinajstić information content (AvgIpc) is 2.28. The van der Waals surface area contributed by atoms with E-state index in [1.165, 1.54) is 0 Å². The second-order valence-electron chi connectivity index (χ2n) is 3.54. The number of carboxylic acids is 1. The van der Waals surface area contributed by atoms with Crippen LogP contribution >= 0.6 is 0 Å². The van der Waals surface area contributed by atoms with E-state index in [0.29, 0.717) is 6.08 Å². The maximum atomic E-state index is 11.2. The molecule has 0 aliphatic carbocycles. The summed E-state index contributed by atoms with van der Waals surface area (Å²) in [5, 5.41) is 19.6. The van der Waals surface area contributed by atoms with Crippen LogP contribution in [-0.2, 0) is 16.1 Å². The summed E-state index contributed by atoms with van der Waals surface area (Å²) in [5.74, 6) is -3.16. The Labute approximate surface area is 98.4 Å². The van der Waals surface area contributed by atoms with Crippen LogP contribution in [0.1, 0.15) is 11.1 Å². The summed E-state index contributed by atoms with van der Waals surface area (Å²) in [7, 11) is 0. The summed E-state index contributed by atoms with van der Waals surface area (Å²) in [6.07, 6.45) is 0.635. The van der Waals surface area contributed by atoms with Gasteiger partial charge in [0.1, 0.15) is 0 Å². The van der Waals surface area contributed by atoms with Crippen molar-refractivity contribution in [2.45, 2.75) is 13.5 Å². The molecule has 0 spiro atoms. The molecule has 1 amide bonds. The molecule has 1 aromatic carbocycles. The first-order valence-electron chi connectivity index (χ1n) is 4.96. The lowest BCUT2D eigenvalue weighted by atomic mass is 10.1. The molecule has 0 aromatic heterocycles. The summed E-state index contributed by atoms with van der Waals surface area (Å²) in [6.45, 7) is 2.23. The molecule has 0 fully saturated rings. The Morgan fingerprint density at radius 3 is 2.35 bits per heavy atom. The number of nitrogens with one attached hydrogen (secondary N) is 1. The van der Waals surface area contributed by atoms with Gasteiger partial charge in [-0.2, -0.15) is 0 Å². The summed E-state index contributed by atoms with van der Waals surface area (Å²) < 4.78 is 0. The van der Waals surface area contributed by atoms with Crippen molar-refractivity contribution in [3.05, 3.63) is 47.2 Å². The fourth-order valence-electron chi connectivity index (χ4n) is 1.13. The maximum Gasteiger partial charge on any atom is 0.371 e.